The molecule has 0 aromatic rings. The summed E-state index contributed by atoms with van der Waals surface area (Å²) < 4.78 is 5.30. The highest BCUT2D eigenvalue weighted by Gasteiger charge is 2.39. The smallest absolute Gasteiger partial charge is 0.330 e. The van der Waals surface area contributed by atoms with Crippen molar-refractivity contribution in [2.24, 2.45) is 17.3 Å². The average molecular weight is 419 g/mol. The van der Waals surface area contributed by atoms with E-state index in [0.29, 0.717) is 12.5 Å². The normalized spacial score (nSPS) is 26.3. The molecule has 3 atom stereocenters. The molecule has 3 unspecified atom stereocenters. The van der Waals surface area contributed by atoms with Crippen LogP contribution < -0.4 is 0 Å². The molecule has 1 aliphatic carbocycles. The molecule has 164 valence electrons. The Bertz CT molecular complexity index is 662. The lowest BCUT2D eigenvalue weighted by Gasteiger charge is -2.44. The van der Waals surface area contributed by atoms with Gasteiger partial charge < -0.3 is 9.84 Å². The summed E-state index contributed by atoms with van der Waals surface area (Å²) in [7, 11) is -1.18. The Morgan fingerprint density at radius 2 is 1.83 bits per heavy atom. The molecule has 0 radical (unpaired) electrons. The summed E-state index contributed by atoms with van der Waals surface area (Å²) in [5.74, 6) is 0.375. The van der Waals surface area contributed by atoms with E-state index in [1.807, 2.05) is 25.2 Å². The first-order valence-corrected chi connectivity index (χ1v) is 14.6. The predicted molar refractivity (Wildman–Crippen MR) is 127 cm³/mol. The number of rotatable bonds is 8. The van der Waals surface area contributed by atoms with Crippen LogP contribution in [0.3, 0.4) is 0 Å². The number of allylic oxidation sites excluding steroid dienone is 7. The Labute approximate surface area is 179 Å². The Balaban J connectivity index is 2.61. The summed E-state index contributed by atoms with van der Waals surface area (Å²) in [5, 5.41) is 10.2. The molecule has 0 aromatic carbocycles. The highest BCUT2D eigenvalue weighted by Crippen LogP contribution is 2.44. The Morgan fingerprint density at radius 3 is 2.45 bits per heavy atom. The van der Waals surface area contributed by atoms with Gasteiger partial charge in [0, 0.05) is 14.1 Å². The molecule has 1 saturated carbocycles. The third-order valence-electron chi connectivity index (χ3n) is 5.89. The van der Waals surface area contributed by atoms with Gasteiger partial charge in [-0.1, -0.05) is 76.4 Å². The number of ether oxygens (including phenoxy) is 1. The minimum Gasteiger partial charge on any atom is -0.463 e. The summed E-state index contributed by atoms with van der Waals surface area (Å²) in [4.78, 5) is 11.9. The van der Waals surface area contributed by atoms with Gasteiger partial charge in [0.15, 0.2) is 0 Å². The van der Waals surface area contributed by atoms with Crippen molar-refractivity contribution in [2.75, 3.05) is 6.61 Å². The van der Waals surface area contributed by atoms with Crippen molar-refractivity contribution < 1.29 is 14.6 Å². The van der Waals surface area contributed by atoms with Crippen LogP contribution in [-0.4, -0.2) is 31.9 Å². The van der Waals surface area contributed by atoms with E-state index in [1.54, 1.807) is 6.08 Å². The molecular weight excluding hydrogens is 376 g/mol. The topological polar surface area (TPSA) is 46.5 Å². The van der Waals surface area contributed by atoms with Crippen molar-refractivity contribution in [2.45, 2.75) is 79.2 Å². The predicted octanol–water partition coefficient (Wildman–Crippen LogP) is 6.31. The molecule has 0 heterocycles. The maximum atomic E-state index is 11.9. The van der Waals surface area contributed by atoms with E-state index in [2.05, 4.69) is 59.5 Å². The molecule has 1 fully saturated rings. The summed E-state index contributed by atoms with van der Waals surface area (Å²) in [6.45, 7) is 18.0. The van der Waals surface area contributed by atoms with Crippen molar-refractivity contribution in [3.63, 3.8) is 0 Å². The van der Waals surface area contributed by atoms with Crippen LogP contribution in [0.25, 0.3) is 0 Å². The second-order valence-electron chi connectivity index (χ2n) is 10.5. The van der Waals surface area contributed by atoms with Gasteiger partial charge in [-0.2, -0.15) is 0 Å². The number of hydrogen-bond donors (Lipinski definition) is 1. The SMILES string of the molecule is CC(C=CC1C(C)C(O)CCC1(C)C)=CC=CC(C)=CC(=O)OCC[Si](C)(C)C. The molecule has 1 aliphatic rings. The number of esters is 1. The van der Waals surface area contributed by atoms with E-state index in [1.165, 1.54) is 0 Å². The van der Waals surface area contributed by atoms with Crippen LogP contribution in [0.4, 0.5) is 0 Å². The van der Waals surface area contributed by atoms with E-state index in [4.69, 9.17) is 4.74 Å². The first kappa shape index (κ1) is 25.6. The van der Waals surface area contributed by atoms with Crippen LogP contribution in [0.15, 0.2) is 47.6 Å². The molecule has 0 aromatic heterocycles. The van der Waals surface area contributed by atoms with Gasteiger partial charge in [-0.25, -0.2) is 4.79 Å². The molecule has 0 aliphatic heterocycles. The van der Waals surface area contributed by atoms with Gasteiger partial charge in [0.25, 0.3) is 0 Å². The molecule has 29 heavy (non-hydrogen) atoms. The van der Waals surface area contributed by atoms with E-state index in [0.717, 1.165) is 30.0 Å². The molecule has 0 saturated heterocycles. The van der Waals surface area contributed by atoms with Crippen LogP contribution >= 0.6 is 0 Å². The van der Waals surface area contributed by atoms with E-state index >= 15 is 0 Å². The standard InChI is InChI=1S/C25H42O3Si/c1-19(12-13-22-21(3)23(26)14-15-25(22,4)5)10-9-11-20(2)18-24(27)28-16-17-29(6,7)8/h9-13,18,21-23,26H,14-17H2,1-8H3. The maximum absolute atomic E-state index is 11.9. The Hall–Kier alpha value is -1.39. The van der Waals surface area contributed by atoms with Gasteiger partial charge in [-0.3, -0.25) is 0 Å². The van der Waals surface area contributed by atoms with Gasteiger partial charge in [0.2, 0.25) is 0 Å². The van der Waals surface area contributed by atoms with Crippen molar-refractivity contribution >= 4 is 14.0 Å². The molecule has 1 N–H and O–H groups in total. The minimum absolute atomic E-state index is 0.208. The van der Waals surface area contributed by atoms with Crippen molar-refractivity contribution in [3.05, 3.63) is 47.6 Å². The number of hydrogen-bond acceptors (Lipinski definition) is 3. The highest BCUT2D eigenvalue weighted by molar-refractivity contribution is 6.76. The van der Waals surface area contributed by atoms with Crippen LogP contribution in [0.1, 0.15) is 47.5 Å². The fourth-order valence-corrected chi connectivity index (χ4v) is 4.45. The monoisotopic (exact) mass is 418 g/mol. The zero-order valence-corrected chi connectivity index (χ0v) is 20.8. The zero-order valence-electron chi connectivity index (χ0n) is 19.8. The van der Waals surface area contributed by atoms with Gasteiger partial charge in [-0.15, -0.1) is 0 Å². The second kappa shape index (κ2) is 11.1. The van der Waals surface area contributed by atoms with Crippen molar-refractivity contribution in [3.8, 4) is 0 Å². The summed E-state index contributed by atoms with van der Waals surface area (Å²) >= 11 is 0. The number of carbonyl (C=O) groups excluding carboxylic acids is 1. The molecule has 0 amide bonds. The maximum Gasteiger partial charge on any atom is 0.330 e. The Kier molecular flexibility index (Phi) is 9.83. The van der Waals surface area contributed by atoms with E-state index in [-0.39, 0.29) is 23.4 Å². The molecule has 0 bridgehead atoms. The first-order valence-electron chi connectivity index (χ1n) is 10.9. The van der Waals surface area contributed by atoms with Crippen LogP contribution in [0.5, 0.6) is 0 Å². The van der Waals surface area contributed by atoms with E-state index < -0.39 is 8.07 Å². The summed E-state index contributed by atoms with van der Waals surface area (Å²) in [5.41, 5.74) is 2.23. The number of carbonyl (C=O) groups is 1. The van der Waals surface area contributed by atoms with Crippen LogP contribution in [-0.2, 0) is 9.53 Å². The lowest BCUT2D eigenvalue weighted by Crippen LogP contribution is -2.40. The van der Waals surface area contributed by atoms with Crippen molar-refractivity contribution in [1.29, 1.82) is 0 Å². The third kappa shape index (κ3) is 9.77. The Morgan fingerprint density at radius 1 is 1.17 bits per heavy atom. The fraction of sp³-hybridized carbons (Fsp3) is 0.640. The van der Waals surface area contributed by atoms with Crippen molar-refractivity contribution in [1.82, 2.24) is 0 Å². The molecule has 3 nitrogen and oxygen atoms in total. The molecule has 4 heteroatoms. The van der Waals surface area contributed by atoms with Gasteiger partial charge in [0.05, 0.1) is 12.7 Å². The van der Waals surface area contributed by atoms with Crippen LogP contribution in [0.2, 0.25) is 25.7 Å². The highest BCUT2D eigenvalue weighted by atomic mass is 28.3. The lowest BCUT2D eigenvalue weighted by atomic mass is 9.63. The van der Waals surface area contributed by atoms with E-state index in [9.17, 15) is 9.90 Å². The fourth-order valence-electron chi connectivity index (χ4n) is 3.73. The van der Waals surface area contributed by atoms with Crippen LogP contribution in [0, 0.1) is 17.3 Å². The molecular formula is C25H42O3Si. The van der Waals surface area contributed by atoms with Gasteiger partial charge in [0.1, 0.15) is 0 Å². The van der Waals surface area contributed by atoms with Gasteiger partial charge in [-0.05, 0) is 55.6 Å². The average Bonchev–Trinajstić information content (AvgIpc) is 2.57. The minimum atomic E-state index is -1.18. The molecule has 0 spiro atoms. The largest absolute Gasteiger partial charge is 0.463 e. The van der Waals surface area contributed by atoms with Gasteiger partial charge >= 0.3 is 5.97 Å². The lowest BCUT2D eigenvalue weighted by molar-refractivity contribution is -0.137. The number of aliphatic hydroxyl groups is 1. The quantitative estimate of drug-likeness (QED) is 0.217. The third-order valence-corrected chi connectivity index (χ3v) is 7.59. The molecule has 1 rings (SSSR count). The second-order valence-corrected chi connectivity index (χ2v) is 16.1. The summed E-state index contributed by atoms with van der Waals surface area (Å²) in [6, 6.07) is 0.989. The first-order chi connectivity index (χ1) is 13.3. The number of aliphatic hydroxyl groups excluding tert-OH is 1. The summed E-state index contributed by atoms with van der Waals surface area (Å²) in [6.07, 6.45) is 13.6. The zero-order chi connectivity index (χ0) is 22.2.